The molecule has 13 rings (SSSR count). The molecule has 2 aliphatic heterocycles. The van der Waals surface area contributed by atoms with Crippen molar-refractivity contribution in [2.24, 2.45) is 16.2 Å². The maximum Gasteiger partial charge on any atom is 0.530 e. The van der Waals surface area contributed by atoms with Crippen molar-refractivity contribution in [2.45, 2.75) is 212 Å². The Morgan fingerprint density at radius 2 is 0.847 bits per heavy atom. The number of hydrogen-bond acceptors (Lipinski definition) is 10. The van der Waals surface area contributed by atoms with E-state index in [2.05, 4.69) is 240 Å². The molecule has 0 saturated carbocycles. The third-order valence-corrected chi connectivity index (χ3v) is 23.3. The Morgan fingerprint density at radius 3 is 1.32 bits per heavy atom. The fraction of sp³-hybridized carbons (Fsp3) is 0.412. The van der Waals surface area contributed by atoms with Crippen LogP contribution in [0.15, 0.2) is 147 Å². The van der Waals surface area contributed by atoms with E-state index in [1.165, 1.54) is 11.1 Å². The highest BCUT2D eigenvalue weighted by Gasteiger charge is 2.47. The maximum absolute atomic E-state index is 11.6. The van der Waals surface area contributed by atoms with Crippen LogP contribution in [-0.2, 0) is 37.0 Å². The minimum Gasteiger partial charge on any atom is -0.507 e. The number of phenols is 1. The summed E-state index contributed by atoms with van der Waals surface area (Å²) in [7, 11) is -6.66. The molecule has 1 aromatic heterocycles. The molecule has 9 aromatic carbocycles. The number of benzene rings is 9. The molecule has 0 bridgehead atoms. The molecule has 0 amide bonds. The molecule has 1 N–H and O–H groups in total. The summed E-state index contributed by atoms with van der Waals surface area (Å²) >= 11 is 0. The summed E-state index contributed by atoms with van der Waals surface area (Å²) in [6, 6.07) is 41.9. The van der Waals surface area contributed by atoms with E-state index in [-0.39, 0.29) is 38.2 Å². The second kappa shape index (κ2) is 23.4. The second-order valence-electron chi connectivity index (χ2n) is 36.0. The smallest absolute Gasteiger partial charge is 0.507 e. The molecule has 1 aliphatic carbocycles. The van der Waals surface area contributed by atoms with E-state index in [1.807, 2.05) is 54.6 Å². The van der Waals surface area contributed by atoms with E-state index in [9.17, 15) is 5.11 Å². The third-order valence-electron chi connectivity index (χ3n) is 20.2. The predicted octanol–water partition coefficient (Wildman–Crippen LogP) is 27.2. The van der Waals surface area contributed by atoms with Gasteiger partial charge < -0.3 is 45.2 Å². The van der Waals surface area contributed by atoms with E-state index in [0.29, 0.717) is 52.1 Å². The molecule has 0 radical (unpaired) electrons. The first-order valence-corrected chi connectivity index (χ1v) is 37.9. The Bertz CT molecular complexity index is 4930. The quantitative estimate of drug-likeness (QED) is 0.122. The zero-order valence-electron chi connectivity index (χ0n) is 62.3. The van der Waals surface area contributed by atoms with Gasteiger partial charge in [-0.05, 0) is 154 Å². The Labute approximate surface area is 584 Å². The van der Waals surface area contributed by atoms with Crippen molar-refractivity contribution in [3.05, 3.63) is 178 Å². The summed E-state index contributed by atoms with van der Waals surface area (Å²) in [5, 5.41) is 20.1. The second-order valence-corrected chi connectivity index (χ2v) is 39.0. The SMILES string of the molecule is CC(C)(C)C1=CC(C)(C(C)(C)C)CC(c2cc(C(C)(C)C)cc(C(C)(C)C)c2OP2Oc3cccc4cc5cccc(O)c5c(c34)O2)=C1OP1Oc2cccc3cc4cccc(Op5oc6c(C(C)(C)C)cc(C(C)(C)C)cc6c6cc(C(C)(C)C)cc(C(C)(C)C)c6o5)c4c(c23)O1. The highest BCUT2D eigenvalue weighted by atomic mass is 31.2. The molecule has 10 aromatic rings. The van der Waals surface area contributed by atoms with Crippen LogP contribution in [-0.4, -0.2) is 5.11 Å². The van der Waals surface area contributed by atoms with Crippen molar-refractivity contribution in [3.8, 4) is 40.2 Å². The Kier molecular flexibility index (Phi) is 16.5. The lowest BCUT2D eigenvalue weighted by atomic mass is 9.59. The first kappa shape index (κ1) is 69.2. The van der Waals surface area contributed by atoms with E-state index >= 15 is 0 Å². The van der Waals surface area contributed by atoms with Gasteiger partial charge in [-0.2, -0.15) is 0 Å². The summed E-state index contributed by atoms with van der Waals surface area (Å²) in [5.74, 6) is 4.30. The third kappa shape index (κ3) is 12.5. The van der Waals surface area contributed by atoms with Crippen molar-refractivity contribution in [1.29, 1.82) is 0 Å². The fourth-order valence-electron chi connectivity index (χ4n) is 13.7. The van der Waals surface area contributed by atoms with Gasteiger partial charge in [0.1, 0.15) is 45.7 Å². The Balaban J connectivity index is 1.02. The average Bonchev–Trinajstić information content (AvgIpc) is 0.866. The lowest BCUT2D eigenvalue weighted by Crippen LogP contribution is -2.36. The highest BCUT2D eigenvalue weighted by Crippen LogP contribution is 2.64. The highest BCUT2D eigenvalue weighted by molar-refractivity contribution is 7.43. The van der Waals surface area contributed by atoms with Gasteiger partial charge in [-0.15, -0.1) is 0 Å². The molecule has 0 fully saturated rings. The van der Waals surface area contributed by atoms with Crippen LogP contribution in [0.1, 0.15) is 218 Å². The normalized spacial score (nSPS) is 18.0. The van der Waals surface area contributed by atoms with Gasteiger partial charge in [0.15, 0.2) is 11.5 Å². The monoisotopic (exact) mass is 1370 g/mol. The van der Waals surface area contributed by atoms with E-state index in [1.54, 1.807) is 6.07 Å². The minimum atomic E-state index is -2.27. The summed E-state index contributed by atoms with van der Waals surface area (Å²) in [4.78, 5) is 0. The molecular formula is C85H99O10P3. The van der Waals surface area contributed by atoms with Crippen molar-refractivity contribution in [1.82, 2.24) is 0 Å². The van der Waals surface area contributed by atoms with Gasteiger partial charge in [0, 0.05) is 38.6 Å². The fourth-order valence-corrected chi connectivity index (χ4v) is 17.0. The molecule has 98 heavy (non-hydrogen) atoms. The maximum atomic E-state index is 11.6. The van der Waals surface area contributed by atoms with Crippen LogP contribution in [0.3, 0.4) is 0 Å². The van der Waals surface area contributed by atoms with Crippen molar-refractivity contribution in [3.63, 3.8) is 0 Å². The van der Waals surface area contributed by atoms with E-state index in [0.717, 1.165) is 98.6 Å². The molecular weight excluding hydrogens is 1270 g/mol. The summed E-state index contributed by atoms with van der Waals surface area (Å²) in [6.45, 7) is 56.7. The van der Waals surface area contributed by atoms with Crippen LogP contribution in [0.5, 0.6) is 40.2 Å². The summed E-state index contributed by atoms with van der Waals surface area (Å²) < 4.78 is 66.2. The minimum absolute atomic E-state index is 0.119. The lowest BCUT2D eigenvalue weighted by Gasteiger charge is -2.46. The van der Waals surface area contributed by atoms with Crippen molar-refractivity contribution >= 4 is 96.0 Å². The zero-order valence-corrected chi connectivity index (χ0v) is 65.0. The first-order valence-electron chi connectivity index (χ1n) is 34.6. The number of aromatic hydroxyl groups is 1. The van der Waals surface area contributed by atoms with Crippen LogP contribution >= 0.6 is 25.4 Å². The van der Waals surface area contributed by atoms with Crippen LogP contribution in [0.4, 0.5) is 0 Å². The molecule has 10 nitrogen and oxygen atoms in total. The molecule has 3 heterocycles. The number of fused-ring (bicyclic) bond motifs is 7. The lowest BCUT2D eigenvalue weighted by molar-refractivity contribution is 0.165. The van der Waals surface area contributed by atoms with Crippen molar-refractivity contribution < 1.29 is 45.2 Å². The van der Waals surface area contributed by atoms with Gasteiger partial charge in [0.05, 0.1) is 21.5 Å². The van der Waals surface area contributed by atoms with Gasteiger partial charge in [-0.1, -0.05) is 246 Å². The molecule has 13 heteroatoms. The molecule has 0 spiro atoms. The number of rotatable bonds is 7. The van der Waals surface area contributed by atoms with Gasteiger partial charge in [-0.25, -0.2) is 0 Å². The standard InChI is InChI=1S/C85H99O10P3/c1-77(2,3)52-40-55-56-41-53(78(4,5)6)44-60(81(13,14)15)72(56)91-96(90-71(55)59(43-52)80(10,11)12)87-65-36-28-32-50-39-51-33-29-37-66-70(51)76(69(50)65)95-98(89-66)93-74-58(46-85(25,84(22,23)24)47-62(74)83(19,20)21)57-42-54(79(7,8)9)45-61(82(16,17)18)73(57)92-97-88-64-35-27-31-49-38-48-30-26-34-63(86)67(48)75(94-97)68(49)64/h26-45,47,86H,46H2,1-25H3. The van der Waals surface area contributed by atoms with E-state index in [4.69, 9.17) is 40.1 Å². The van der Waals surface area contributed by atoms with Crippen LogP contribution in [0, 0.1) is 16.2 Å². The van der Waals surface area contributed by atoms with Gasteiger partial charge in [-0.3, -0.25) is 0 Å². The zero-order chi connectivity index (χ0) is 70.9. The van der Waals surface area contributed by atoms with Crippen LogP contribution < -0.4 is 27.1 Å². The average molecular weight is 1370 g/mol. The molecule has 3 atom stereocenters. The van der Waals surface area contributed by atoms with Crippen LogP contribution in [0.25, 0.3) is 70.6 Å². The van der Waals surface area contributed by atoms with Crippen molar-refractivity contribution in [2.75, 3.05) is 0 Å². The first-order chi connectivity index (χ1) is 45.4. The predicted molar refractivity (Wildman–Crippen MR) is 410 cm³/mol. The van der Waals surface area contributed by atoms with Gasteiger partial charge in [0.25, 0.3) is 0 Å². The molecule has 3 aliphatic rings. The number of hydrogen-bond donors (Lipinski definition) is 1. The largest absolute Gasteiger partial charge is 0.530 e. The number of allylic oxidation sites excluding steroid dienone is 3. The van der Waals surface area contributed by atoms with Gasteiger partial charge >= 0.3 is 25.4 Å². The Morgan fingerprint density at radius 1 is 0.418 bits per heavy atom. The number of phenolic OH excluding ortho intramolecular Hbond substituents is 1. The van der Waals surface area contributed by atoms with Gasteiger partial charge in [0.2, 0.25) is 0 Å². The van der Waals surface area contributed by atoms with Crippen LogP contribution in [0.2, 0.25) is 0 Å². The topological polar surface area (TPSA) is 111 Å². The van der Waals surface area contributed by atoms with E-state index < -0.39 is 41.7 Å². The Hall–Kier alpha value is -7.34. The molecule has 3 unspecified atom stereocenters. The summed E-state index contributed by atoms with van der Waals surface area (Å²) in [5.41, 5.74) is 8.18. The molecule has 514 valence electrons. The molecule has 0 saturated heterocycles. The summed E-state index contributed by atoms with van der Waals surface area (Å²) in [6.07, 6.45) is 3.01.